The van der Waals surface area contributed by atoms with Gasteiger partial charge in [-0.3, -0.25) is 4.90 Å². The highest BCUT2D eigenvalue weighted by atomic mass is 16.4. The Hall–Kier alpha value is -2.59. The molecule has 25 heavy (non-hydrogen) atoms. The summed E-state index contributed by atoms with van der Waals surface area (Å²) in [5, 5.41) is 11.7. The number of hydrogen-bond donors (Lipinski definition) is 1. The molecule has 4 heteroatoms. The van der Waals surface area contributed by atoms with Crippen molar-refractivity contribution in [3.05, 3.63) is 64.0 Å². The number of phenols is 1. The Morgan fingerprint density at radius 2 is 1.84 bits per heavy atom. The van der Waals surface area contributed by atoms with Crippen molar-refractivity contribution < 1.29 is 9.52 Å². The maximum atomic E-state index is 12.0. The van der Waals surface area contributed by atoms with Gasteiger partial charge >= 0.3 is 5.63 Å². The van der Waals surface area contributed by atoms with Crippen LogP contribution in [0.3, 0.4) is 0 Å². The number of hydrogen-bond acceptors (Lipinski definition) is 4. The standard InChI is InChI=1S/C21H21NO3/c1-14-11-18-20(21(24)17(14)13-22-9-5-6-10-22)16(12-19(23)25-18)15-7-3-2-4-8-15/h2-4,7-8,11-12,24H,5-6,9-10,13H2,1H3. The molecule has 1 N–H and O–H groups in total. The Morgan fingerprint density at radius 3 is 2.56 bits per heavy atom. The van der Waals surface area contributed by atoms with E-state index >= 15 is 0 Å². The Bertz CT molecular complexity index is 970. The fourth-order valence-corrected chi connectivity index (χ4v) is 3.69. The van der Waals surface area contributed by atoms with Crippen LogP contribution in [0.25, 0.3) is 22.1 Å². The van der Waals surface area contributed by atoms with E-state index < -0.39 is 5.63 Å². The van der Waals surface area contributed by atoms with Gasteiger partial charge in [0.15, 0.2) is 0 Å². The number of rotatable bonds is 3. The van der Waals surface area contributed by atoms with E-state index in [0.717, 1.165) is 36.3 Å². The largest absolute Gasteiger partial charge is 0.507 e. The van der Waals surface area contributed by atoms with Gasteiger partial charge in [-0.2, -0.15) is 0 Å². The second kappa shape index (κ2) is 6.37. The maximum Gasteiger partial charge on any atom is 0.336 e. The average Bonchev–Trinajstić information content (AvgIpc) is 3.11. The molecule has 1 aliphatic rings. The Morgan fingerprint density at radius 1 is 1.12 bits per heavy atom. The molecule has 3 aromatic rings. The number of fused-ring (bicyclic) bond motifs is 1. The van der Waals surface area contributed by atoms with Crippen molar-refractivity contribution in [2.24, 2.45) is 0 Å². The average molecular weight is 335 g/mol. The third-order valence-corrected chi connectivity index (χ3v) is 5.00. The van der Waals surface area contributed by atoms with Gasteiger partial charge in [0.05, 0.1) is 5.39 Å². The molecule has 2 heterocycles. The van der Waals surface area contributed by atoms with Crippen LogP contribution in [0.4, 0.5) is 0 Å². The van der Waals surface area contributed by atoms with E-state index in [-0.39, 0.29) is 5.75 Å². The smallest absolute Gasteiger partial charge is 0.336 e. The Kier molecular flexibility index (Phi) is 4.06. The molecule has 1 aromatic heterocycles. The number of benzene rings is 2. The molecule has 128 valence electrons. The maximum absolute atomic E-state index is 12.0. The quantitative estimate of drug-likeness (QED) is 0.733. The summed E-state index contributed by atoms with van der Waals surface area (Å²) in [5.41, 5.74) is 3.51. The first-order chi connectivity index (χ1) is 12.1. The molecular formula is C21H21NO3. The van der Waals surface area contributed by atoms with Crippen LogP contribution in [-0.4, -0.2) is 23.1 Å². The van der Waals surface area contributed by atoms with E-state index in [9.17, 15) is 9.90 Å². The predicted molar refractivity (Wildman–Crippen MR) is 98.8 cm³/mol. The first kappa shape index (κ1) is 15.9. The molecule has 0 saturated carbocycles. The van der Waals surface area contributed by atoms with Crippen LogP contribution in [0, 0.1) is 6.92 Å². The van der Waals surface area contributed by atoms with Crippen molar-refractivity contribution in [1.82, 2.24) is 4.90 Å². The molecule has 1 fully saturated rings. The van der Waals surface area contributed by atoms with Gasteiger partial charge in [-0.15, -0.1) is 0 Å². The molecule has 0 bridgehead atoms. The zero-order chi connectivity index (χ0) is 17.4. The second-order valence-electron chi connectivity index (χ2n) is 6.72. The molecule has 0 unspecified atom stereocenters. The number of likely N-dealkylation sites (tertiary alicyclic amines) is 1. The van der Waals surface area contributed by atoms with Crippen molar-refractivity contribution in [3.8, 4) is 16.9 Å². The van der Waals surface area contributed by atoms with Gasteiger partial charge in [-0.1, -0.05) is 30.3 Å². The Balaban J connectivity index is 1.94. The van der Waals surface area contributed by atoms with Crippen LogP contribution in [0.5, 0.6) is 5.75 Å². The molecule has 4 nitrogen and oxygen atoms in total. The van der Waals surface area contributed by atoms with Crippen molar-refractivity contribution in [1.29, 1.82) is 0 Å². The van der Waals surface area contributed by atoms with E-state index in [4.69, 9.17) is 4.42 Å². The van der Waals surface area contributed by atoms with Crippen molar-refractivity contribution >= 4 is 11.0 Å². The summed E-state index contributed by atoms with van der Waals surface area (Å²) in [6.07, 6.45) is 2.41. The van der Waals surface area contributed by atoms with Crippen LogP contribution >= 0.6 is 0 Å². The lowest BCUT2D eigenvalue weighted by Gasteiger charge is -2.19. The second-order valence-corrected chi connectivity index (χ2v) is 6.72. The molecule has 0 spiro atoms. The summed E-state index contributed by atoms with van der Waals surface area (Å²) < 4.78 is 5.38. The lowest BCUT2D eigenvalue weighted by Crippen LogP contribution is -2.19. The Labute approximate surface area is 146 Å². The molecule has 2 aromatic carbocycles. The minimum Gasteiger partial charge on any atom is -0.507 e. The fraction of sp³-hybridized carbons (Fsp3) is 0.286. The first-order valence-electron chi connectivity index (χ1n) is 8.70. The van der Waals surface area contributed by atoms with Crippen LogP contribution in [-0.2, 0) is 6.54 Å². The summed E-state index contributed by atoms with van der Waals surface area (Å²) >= 11 is 0. The minimum absolute atomic E-state index is 0.226. The van der Waals surface area contributed by atoms with Gasteiger partial charge in [0.1, 0.15) is 11.3 Å². The summed E-state index contributed by atoms with van der Waals surface area (Å²) in [6, 6.07) is 13.0. The molecule has 4 rings (SSSR count). The van der Waals surface area contributed by atoms with Gasteiger partial charge in [0.2, 0.25) is 0 Å². The van der Waals surface area contributed by atoms with E-state index in [0.29, 0.717) is 16.5 Å². The molecule has 0 aliphatic carbocycles. The zero-order valence-electron chi connectivity index (χ0n) is 14.3. The van der Waals surface area contributed by atoms with Crippen LogP contribution in [0.1, 0.15) is 24.0 Å². The molecular weight excluding hydrogens is 314 g/mol. The first-order valence-corrected chi connectivity index (χ1v) is 8.70. The van der Waals surface area contributed by atoms with Gasteiger partial charge in [-0.25, -0.2) is 4.79 Å². The monoisotopic (exact) mass is 335 g/mol. The van der Waals surface area contributed by atoms with Gasteiger partial charge in [0, 0.05) is 23.7 Å². The number of nitrogens with zero attached hydrogens (tertiary/aromatic N) is 1. The highest BCUT2D eigenvalue weighted by Gasteiger charge is 2.20. The van der Waals surface area contributed by atoms with Crippen molar-refractivity contribution in [2.75, 3.05) is 13.1 Å². The molecule has 0 radical (unpaired) electrons. The van der Waals surface area contributed by atoms with Crippen LogP contribution in [0.15, 0.2) is 51.7 Å². The zero-order valence-corrected chi connectivity index (χ0v) is 14.3. The van der Waals surface area contributed by atoms with E-state index in [2.05, 4.69) is 4.90 Å². The number of aromatic hydroxyl groups is 1. The molecule has 1 aliphatic heterocycles. The topological polar surface area (TPSA) is 53.7 Å². The lowest BCUT2D eigenvalue weighted by molar-refractivity contribution is 0.324. The van der Waals surface area contributed by atoms with E-state index in [1.54, 1.807) is 0 Å². The summed E-state index contributed by atoms with van der Waals surface area (Å²) in [7, 11) is 0. The molecule has 1 saturated heterocycles. The van der Waals surface area contributed by atoms with Crippen molar-refractivity contribution in [2.45, 2.75) is 26.3 Å². The minimum atomic E-state index is -0.405. The summed E-state index contributed by atoms with van der Waals surface area (Å²) in [6.45, 7) is 4.80. The van der Waals surface area contributed by atoms with E-state index in [1.807, 2.05) is 43.3 Å². The van der Waals surface area contributed by atoms with Gasteiger partial charge in [0.25, 0.3) is 0 Å². The number of phenolic OH excluding ortho intramolecular Hbond substituents is 1. The molecule has 0 amide bonds. The number of aryl methyl sites for hydroxylation is 1. The van der Waals surface area contributed by atoms with Crippen LogP contribution in [0.2, 0.25) is 0 Å². The van der Waals surface area contributed by atoms with Gasteiger partial charge < -0.3 is 9.52 Å². The SMILES string of the molecule is Cc1cc2oc(=O)cc(-c3ccccc3)c2c(O)c1CN1CCCC1. The lowest BCUT2D eigenvalue weighted by atomic mass is 9.96. The normalized spacial score (nSPS) is 15.1. The summed E-state index contributed by atoms with van der Waals surface area (Å²) in [5.74, 6) is 0.226. The fourth-order valence-electron chi connectivity index (χ4n) is 3.69. The predicted octanol–water partition coefficient (Wildman–Crippen LogP) is 4.07. The van der Waals surface area contributed by atoms with Gasteiger partial charge in [-0.05, 0) is 50.0 Å². The van der Waals surface area contributed by atoms with Crippen LogP contribution < -0.4 is 5.63 Å². The molecule has 0 atom stereocenters. The highest BCUT2D eigenvalue weighted by Crippen LogP contribution is 2.38. The van der Waals surface area contributed by atoms with Crippen molar-refractivity contribution in [3.63, 3.8) is 0 Å². The summed E-state index contributed by atoms with van der Waals surface area (Å²) in [4.78, 5) is 14.4. The third kappa shape index (κ3) is 2.94. The third-order valence-electron chi connectivity index (χ3n) is 5.00. The highest BCUT2D eigenvalue weighted by molar-refractivity contribution is 5.98. The van der Waals surface area contributed by atoms with E-state index in [1.165, 1.54) is 18.9 Å².